The van der Waals surface area contributed by atoms with Crippen LogP contribution in [0.5, 0.6) is 5.75 Å². The third-order valence-electron chi connectivity index (χ3n) is 2.17. The minimum Gasteiger partial charge on any atom is -0.494 e. The number of fused-ring (bicyclic) bond motifs is 1. The average molecular weight is 233 g/mol. The zero-order valence-corrected chi connectivity index (χ0v) is 9.29. The van der Waals surface area contributed by atoms with Crippen LogP contribution in [0.25, 0.3) is 11.0 Å². The molecule has 0 unspecified atom stereocenters. The number of nitro groups is 1. The van der Waals surface area contributed by atoms with Crippen LogP contribution in [-0.2, 0) is 6.54 Å². The number of nitrogens with zero attached hydrogens (tertiary/aromatic N) is 3. The van der Waals surface area contributed by atoms with Crippen LogP contribution in [0.4, 0.5) is 0 Å². The van der Waals surface area contributed by atoms with Crippen molar-refractivity contribution in [2.24, 2.45) is 0 Å². The number of hydrogen-bond acceptors (Lipinski definition) is 5. The molecule has 6 nitrogen and oxygen atoms in total. The molecule has 88 valence electrons. The van der Waals surface area contributed by atoms with Crippen molar-refractivity contribution in [3.8, 4) is 5.75 Å². The van der Waals surface area contributed by atoms with Crippen LogP contribution >= 0.6 is 0 Å². The van der Waals surface area contributed by atoms with Crippen molar-refractivity contribution in [1.82, 2.24) is 9.97 Å². The quantitative estimate of drug-likeness (QED) is 0.594. The molecule has 0 atom stereocenters. The van der Waals surface area contributed by atoms with E-state index in [9.17, 15) is 10.1 Å². The second-order valence-corrected chi connectivity index (χ2v) is 3.44. The van der Waals surface area contributed by atoms with Gasteiger partial charge < -0.3 is 4.74 Å². The van der Waals surface area contributed by atoms with E-state index in [1.807, 2.05) is 6.92 Å². The van der Waals surface area contributed by atoms with Crippen molar-refractivity contribution in [2.75, 3.05) is 6.61 Å². The molecular formula is C11H11N3O3. The van der Waals surface area contributed by atoms with E-state index < -0.39 is 4.92 Å². The summed E-state index contributed by atoms with van der Waals surface area (Å²) in [5, 5.41) is 10.4. The Labute approximate surface area is 97.4 Å². The van der Waals surface area contributed by atoms with E-state index in [2.05, 4.69) is 9.97 Å². The van der Waals surface area contributed by atoms with Crippen molar-refractivity contribution in [3.63, 3.8) is 0 Å². The van der Waals surface area contributed by atoms with Crippen LogP contribution in [0.15, 0.2) is 24.4 Å². The molecule has 0 saturated heterocycles. The zero-order chi connectivity index (χ0) is 12.3. The molecule has 6 heteroatoms. The minimum atomic E-state index is -0.426. The van der Waals surface area contributed by atoms with Gasteiger partial charge in [0, 0.05) is 11.0 Å². The summed E-state index contributed by atoms with van der Waals surface area (Å²) in [6, 6.07) is 5.29. The highest BCUT2D eigenvalue weighted by Crippen LogP contribution is 2.18. The maximum atomic E-state index is 10.4. The first-order chi connectivity index (χ1) is 8.19. The normalized spacial score (nSPS) is 10.4. The van der Waals surface area contributed by atoms with Crippen LogP contribution < -0.4 is 4.74 Å². The fourth-order valence-corrected chi connectivity index (χ4v) is 1.49. The molecular weight excluding hydrogens is 222 g/mol. The third kappa shape index (κ3) is 2.66. The van der Waals surface area contributed by atoms with Gasteiger partial charge in [-0.3, -0.25) is 15.1 Å². The summed E-state index contributed by atoms with van der Waals surface area (Å²) in [5.74, 6) is 0.719. The van der Waals surface area contributed by atoms with E-state index in [4.69, 9.17) is 4.74 Å². The minimum absolute atomic E-state index is 0.309. The third-order valence-corrected chi connectivity index (χ3v) is 2.17. The van der Waals surface area contributed by atoms with E-state index >= 15 is 0 Å². The van der Waals surface area contributed by atoms with Crippen molar-refractivity contribution in [3.05, 3.63) is 40.2 Å². The van der Waals surface area contributed by atoms with Gasteiger partial charge in [0.2, 0.25) is 6.54 Å². The maximum Gasteiger partial charge on any atom is 0.247 e. The van der Waals surface area contributed by atoms with Gasteiger partial charge in [-0.05, 0) is 19.1 Å². The zero-order valence-electron chi connectivity index (χ0n) is 9.29. The Morgan fingerprint density at radius 1 is 1.41 bits per heavy atom. The molecule has 0 amide bonds. The number of rotatable bonds is 4. The molecule has 2 rings (SSSR count). The lowest BCUT2D eigenvalue weighted by atomic mass is 10.2. The van der Waals surface area contributed by atoms with Gasteiger partial charge in [-0.15, -0.1) is 0 Å². The molecule has 1 heterocycles. The first-order valence-electron chi connectivity index (χ1n) is 5.19. The van der Waals surface area contributed by atoms with Gasteiger partial charge in [-0.25, -0.2) is 4.98 Å². The molecule has 1 aromatic heterocycles. The lowest BCUT2D eigenvalue weighted by Crippen LogP contribution is -2.02. The summed E-state index contributed by atoms with van der Waals surface area (Å²) in [6.45, 7) is 2.17. The molecule has 0 spiro atoms. The Bertz CT molecular complexity index is 557. The first kappa shape index (κ1) is 11.3. The summed E-state index contributed by atoms with van der Waals surface area (Å²) in [4.78, 5) is 18.2. The highest BCUT2D eigenvalue weighted by Gasteiger charge is 2.06. The van der Waals surface area contributed by atoms with Crippen molar-refractivity contribution in [1.29, 1.82) is 0 Å². The van der Waals surface area contributed by atoms with Crippen molar-refractivity contribution < 1.29 is 9.66 Å². The van der Waals surface area contributed by atoms with Gasteiger partial charge in [0.15, 0.2) is 0 Å². The van der Waals surface area contributed by atoms with Crippen LogP contribution in [0.1, 0.15) is 12.6 Å². The molecule has 2 aromatic rings. The van der Waals surface area contributed by atoms with Gasteiger partial charge >= 0.3 is 0 Å². The Morgan fingerprint density at radius 2 is 2.24 bits per heavy atom. The SMILES string of the molecule is CCOc1ccc2nc(C[N+](=O)[O-])cnc2c1. The summed E-state index contributed by atoms with van der Waals surface area (Å²) >= 11 is 0. The van der Waals surface area contributed by atoms with E-state index in [1.54, 1.807) is 18.2 Å². The first-order valence-corrected chi connectivity index (χ1v) is 5.19. The van der Waals surface area contributed by atoms with Crippen LogP contribution in [0.3, 0.4) is 0 Å². The fourth-order valence-electron chi connectivity index (χ4n) is 1.49. The Balaban J connectivity index is 2.36. The number of hydrogen-bond donors (Lipinski definition) is 0. The molecule has 0 aliphatic heterocycles. The molecule has 17 heavy (non-hydrogen) atoms. The predicted molar refractivity (Wildman–Crippen MR) is 61.4 cm³/mol. The molecule has 0 bridgehead atoms. The van der Waals surface area contributed by atoms with Gasteiger partial charge in [-0.2, -0.15) is 0 Å². The monoisotopic (exact) mass is 233 g/mol. The molecule has 0 radical (unpaired) electrons. The smallest absolute Gasteiger partial charge is 0.247 e. The lowest BCUT2D eigenvalue weighted by Gasteiger charge is -2.04. The molecule has 0 aliphatic rings. The predicted octanol–water partition coefficient (Wildman–Crippen LogP) is 1.81. The Hall–Kier alpha value is -2.24. The second kappa shape index (κ2) is 4.73. The van der Waals surface area contributed by atoms with Gasteiger partial charge in [0.1, 0.15) is 11.4 Å². The van der Waals surface area contributed by atoms with Crippen molar-refractivity contribution in [2.45, 2.75) is 13.5 Å². The average Bonchev–Trinajstić information content (AvgIpc) is 2.29. The lowest BCUT2D eigenvalue weighted by molar-refractivity contribution is -0.497. The molecule has 0 N–H and O–H groups in total. The van der Waals surface area contributed by atoms with Gasteiger partial charge in [0.25, 0.3) is 0 Å². The van der Waals surface area contributed by atoms with Crippen LogP contribution in [0.2, 0.25) is 0 Å². The highest BCUT2D eigenvalue weighted by molar-refractivity contribution is 5.75. The van der Waals surface area contributed by atoms with Crippen LogP contribution in [0, 0.1) is 10.1 Å². The summed E-state index contributed by atoms with van der Waals surface area (Å²) in [5.41, 5.74) is 1.66. The largest absolute Gasteiger partial charge is 0.494 e. The Kier molecular flexibility index (Phi) is 3.13. The van der Waals surface area contributed by atoms with E-state index in [0.717, 1.165) is 5.75 Å². The number of benzene rings is 1. The number of ether oxygens (including phenoxy) is 1. The van der Waals surface area contributed by atoms with E-state index in [1.165, 1.54) is 6.20 Å². The summed E-state index contributed by atoms with van der Waals surface area (Å²) in [7, 11) is 0. The molecule has 0 saturated carbocycles. The second-order valence-electron chi connectivity index (χ2n) is 3.44. The standard InChI is InChI=1S/C11H11N3O3/c1-2-17-9-3-4-10-11(5-9)12-6-8(13-10)7-14(15)16/h3-6H,2,7H2,1H3. The highest BCUT2D eigenvalue weighted by atomic mass is 16.6. The van der Waals surface area contributed by atoms with E-state index in [-0.39, 0.29) is 6.54 Å². The molecule has 0 fully saturated rings. The molecule has 1 aromatic carbocycles. The van der Waals surface area contributed by atoms with Crippen molar-refractivity contribution >= 4 is 11.0 Å². The molecule has 0 aliphatic carbocycles. The Morgan fingerprint density at radius 3 is 2.94 bits per heavy atom. The summed E-state index contributed by atoms with van der Waals surface area (Å²) < 4.78 is 5.33. The topological polar surface area (TPSA) is 78.2 Å². The summed E-state index contributed by atoms with van der Waals surface area (Å²) in [6.07, 6.45) is 1.42. The van der Waals surface area contributed by atoms with Gasteiger partial charge in [0.05, 0.1) is 23.8 Å². The maximum absolute atomic E-state index is 10.4. The number of aromatic nitrogens is 2. The van der Waals surface area contributed by atoms with E-state index in [0.29, 0.717) is 23.3 Å². The van der Waals surface area contributed by atoms with Crippen LogP contribution in [-0.4, -0.2) is 21.5 Å². The van der Waals surface area contributed by atoms with Gasteiger partial charge in [-0.1, -0.05) is 0 Å². The fraction of sp³-hybridized carbons (Fsp3) is 0.273.